The van der Waals surface area contributed by atoms with Gasteiger partial charge in [-0.05, 0) is 6.08 Å². The Bertz CT molecular complexity index is 747. The van der Waals surface area contributed by atoms with E-state index in [-0.39, 0.29) is 18.8 Å². The smallest absolute Gasteiger partial charge is 0.351 e. The van der Waals surface area contributed by atoms with Crippen LogP contribution in [-0.2, 0) is 23.8 Å². The highest BCUT2D eigenvalue weighted by Crippen LogP contribution is 2.31. The van der Waals surface area contributed by atoms with E-state index in [0.717, 1.165) is 0 Å². The van der Waals surface area contributed by atoms with Crippen LogP contribution in [0.4, 0.5) is 5.82 Å². The van der Waals surface area contributed by atoms with Gasteiger partial charge in [0.1, 0.15) is 18.5 Å². The van der Waals surface area contributed by atoms with Crippen LogP contribution >= 0.6 is 11.6 Å². The summed E-state index contributed by atoms with van der Waals surface area (Å²) in [4.78, 5) is 38.2. The molecule has 1 aromatic heterocycles. The van der Waals surface area contributed by atoms with Crippen molar-refractivity contribution in [2.75, 3.05) is 12.3 Å². The largest absolute Gasteiger partial charge is 0.463 e. The second-order valence-electron chi connectivity index (χ2n) is 5.40. The number of nitrogens with two attached hydrogens (primary N) is 1. The number of rotatable bonds is 5. The van der Waals surface area contributed by atoms with E-state index in [4.69, 9.17) is 31.5 Å². The molecule has 3 atom stereocenters. The monoisotopic (exact) mass is 371 g/mol. The summed E-state index contributed by atoms with van der Waals surface area (Å²) < 4.78 is 17.1. The zero-order valence-electron chi connectivity index (χ0n) is 13.7. The van der Waals surface area contributed by atoms with Crippen molar-refractivity contribution in [2.24, 2.45) is 0 Å². The number of carbonyl (C=O) groups excluding carboxylic acids is 2. The molecule has 25 heavy (non-hydrogen) atoms. The van der Waals surface area contributed by atoms with E-state index in [0.29, 0.717) is 5.56 Å². The van der Waals surface area contributed by atoms with Crippen molar-refractivity contribution in [1.29, 1.82) is 0 Å². The van der Waals surface area contributed by atoms with Crippen molar-refractivity contribution in [3.63, 3.8) is 0 Å². The van der Waals surface area contributed by atoms with Gasteiger partial charge in [0.05, 0.1) is 6.10 Å². The summed E-state index contributed by atoms with van der Waals surface area (Å²) in [6.45, 7) is 2.51. The third kappa shape index (κ3) is 4.80. The van der Waals surface area contributed by atoms with Crippen molar-refractivity contribution in [3.8, 4) is 0 Å². The Kier molecular flexibility index (Phi) is 6.16. The zero-order valence-corrected chi connectivity index (χ0v) is 14.4. The third-order valence-corrected chi connectivity index (χ3v) is 3.59. The van der Waals surface area contributed by atoms with E-state index in [2.05, 4.69) is 4.98 Å². The molecule has 0 amide bonds. The predicted octanol–water partition coefficient (Wildman–Crippen LogP) is 0.817. The highest BCUT2D eigenvalue weighted by Gasteiger charge is 2.40. The summed E-state index contributed by atoms with van der Waals surface area (Å²) in [5.74, 6) is -0.974. The van der Waals surface area contributed by atoms with Gasteiger partial charge in [-0.1, -0.05) is 11.6 Å². The Hall–Kier alpha value is -2.39. The topological polar surface area (TPSA) is 123 Å². The van der Waals surface area contributed by atoms with Gasteiger partial charge in [-0.2, -0.15) is 4.98 Å². The molecule has 2 heterocycles. The van der Waals surface area contributed by atoms with Crippen molar-refractivity contribution < 1.29 is 23.8 Å². The van der Waals surface area contributed by atoms with E-state index in [9.17, 15) is 14.4 Å². The van der Waals surface area contributed by atoms with Gasteiger partial charge in [0, 0.05) is 37.6 Å². The van der Waals surface area contributed by atoms with Crippen LogP contribution in [0.3, 0.4) is 0 Å². The van der Waals surface area contributed by atoms with Crippen LogP contribution in [0.15, 0.2) is 16.5 Å². The van der Waals surface area contributed by atoms with Crippen molar-refractivity contribution >= 4 is 35.4 Å². The lowest BCUT2D eigenvalue weighted by Gasteiger charge is -2.21. The molecule has 0 saturated carbocycles. The Labute approximate surface area is 148 Å². The SMILES string of the molecule is CC(=O)OC[C@@H]1C[C@@H](OC(C)=O)[C@H](n2cc(/C=C/Cl)c(N)nc2=O)O1. The number of aromatic nitrogens is 2. The molecule has 0 unspecified atom stereocenters. The van der Waals surface area contributed by atoms with E-state index in [1.807, 2.05) is 0 Å². The molecule has 10 heteroatoms. The second kappa shape index (κ2) is 8.13. The number of halogens is 1. The number of nitrogens with zero attached hydrogens (tertiary/aromatic N) is 2. The Morgan fingerprint density at radius 3 is 2.80 bits per heavy atom. The van der Waals surface area contributed by atoms with Crippen LogP contribution in [0.25, 0.3) is 6.08 Å². The van der Waals surface area contributed by atoms with Crippen LogP contribution < -0.4 is 11.4 Å². The molecule has 1 saturated heterocycles. The molecule has 2 rings (SSSR count). The lowest BCUT2D eigenvalue weighted by Crippen LogP contribution is -2.34. The molecule has 2 N–H and O–H groups in total. The predicted molar refractivity (Wildman–Crippen MR) is 88.5 cm³/mol. The normalized spacial score (nSPS) is 22.9. The molecule has 1 aromatic rings. The molecule has 9 nitrogen and oxygen atoms in total. The molecule has 0 bridgehead atoms. The van der Waals surface area contributed by atoms with Gasteiger partial charge in [-0.25, -0.2) is 4.79 Å². The molecule has 0 aromatic carbocycles. The molecular formula is C15H18ClN3O6. The van der Waals surface area contributed by atoms with Gasteiger partial charge in [0.25, 0.3) is 0 Å². The first-order chi connectivity index (χ1) is 11.8. The first kappa shape index (κ1) is 18.9. The summed E-state index contributed by atoms with van der Waals surface area (Å²) in [6.07, 6.45) is 0.941. The minimum Gasteiger partial charge on any atom is -0.463 e. The zero-order chi connectivity index (χ0) is 18.6. The molecule has 1 fully saturated rings. The van der Waals surface area contributed by atoms with E-state index in [1.165, 1.54) is 36.2 Å². The van der Waals surface area contributed by atoms with Gasteiger partial charge < -0.3 is 19.9 Å². The standard InChI is InChI=1S/C15H18ClN3O6/c1-8(20)23-7-11-5-12(24-9(2)21)14(25-11)19-6-10(3-4-16)13(17)18-15(19)22/h3-4,6,11-12,14H,5,7H2,1-2H3,(H2,17,18,22)/b4-3+/t11-,12+,14+/m0/s1. The fourth-order valence-corrected chi connectivity index (χ4v) is 2.61. The fourth-order valence-electron chi connectivity index (χ4n) is 2.47. The van der Waals surface area contributed by atoms with Crippen molar-refractivity contribution in [1.82, 2.24) is 9.55 Å². The van der Waals surface area contributed by atoms with Gasteiger partial charge in [-0.3, -0.25) is 14.2 Å². The average Bonchev–Trinajstić information content (AvgIpc) is 2.90. The van der Waals surface area contributed by atoms with Crippen molar-refractivity contribution in [2.45, 2.75) is 38.7 Å². The first-order valence-electron chi connectivity index (χ1n) is 7.43. The summed E-state index contributed by atoms with van der Waals surface area (Å²) in [5.41, 5.74) is 6.65. The summed E-state index contributed by atoms with van der Waals surface area (Å²) >= 11 is 5.55. The lowest BCUT2D eigenvalue weighted by molar-refractivity contribution is -0.153. The Morgan fingerprint density at radius 2 is 2.20 bits per heavy atom. The minimum absolute atomic E-state index is 0.0108. The van der Waals surface area contributed by atoms with Crippen molar-refractivity contribution in [3.05, 3.63) is 27.8 Å². The number of carbonyl (C=O) groups is 2. The van der Waals surface area contributed by atoms with E-state index < -0.39 is 36.1 Å². The van der Waals surface area contributed by atoms with Gasteiger partial charge in [-0.15, -0.1) is 0 Å². The summed E-state index contributed by atoms with van der Waals surface area (Å²) in [6, 6.07) is 0. The molecule has 136 valence electrons. The van der Waals surface area contributed by atoms with Gasteiger partial charge in [0.2, 0.25) is 0 Å². The number of ether oxygens (including phenoxy) is 3. The van der Waals surface area contributed by atoms with Gasteiger partial charge >= 0.3 is 17.6 Å². The number of anilines is 1. The second-order valence-corrected chi connectivity index (χ2v) is 5.65. The molecule has 0 radical (unpaired) electrons. The first-order valence-corrected chi connectivity index (χ1v) is 7.87. The summed E-state index contributed by atoms with van der Waals surface area (Å²) in [7, 11) is 0. The van der Waals surface area contributed by atoms with Gasteiger partial charge in [0.15, 0.2) is 6.23 Å². The van der Waals surface area contributed by atoms with E-state index >= 15 is 0 Å². The minimum atomic E-state index is -0.924. The van der Waals surface area contributed by atoms with Crippen LogP contribution in [0, 0.1) is 0 Å². The highest BCUT2D eigenvalue weighted by molar-refractivity contribution is 6.27. The quantitative estimate of drug-likeness (QED) is 0.754. The number of nitrogen functional groups attached to an aromatic ring is 1. The van der Waals surface area contributed by atoms with Crippen LogP contribution in [0.1, 0.15) is 32.1 Å². The number of esters is 2. The van der Waals surface area contributed by atoms with Crippen LogP contribution in [0.5, 0.6) is 0 Å². The maximum Gasteiger partial charge on any atom is 0.351 e. The molecule has 0 aliphatic carbocycles. The fraction of sp³-hybridized carbons (Fsp3) is 0.467. The molecule has 1 aliphatic rings. The molecule has 0 spiro atoms. The molecule has 1 aliphatic heterocycles. The van der Waals surface area contributed by atoms with E-state index in [1.54, 1.807) is 0 Å². The Balaban J connectivity index is 2.33. The summed E-state index contributed by atoms with van der Waals surface area (Å²) in [5, 5.41) is 0. The number of hydrogen-bond donors (Lipinski definition) is 1. The molecular weight excluding hydrogens is 354 g/mol. The van der Waals surface area contributed by atoms with Crippen LogP contribution in [0.2, 0.25) is 0 Å². The maximum atomic E-state index is 12.2. The average molecular weight is 372 g/mol. The Morgan fingerprint density at radius 1 is 1.48 bits per heavy atom. The number of hydrogen-bond acceptors (Lipinski definition) is 8. The lowest BCUT2D eigenvalue weighted by atomic mass is 10.2. The maximum absolute atomic E-state index is 12.2. The van der Waals surface area contributed by atoms with Crippen LogP contribution in [-0.4, -0.2) is 40.3 Å². The third-order valence-electron chi connectivity index (χ3n) is 3.46. The highest BCUT2D eigenvalue weighted by atomic mass is 35.5.